The van der Waals surface area contributed by atoms with Crippen molar-refractivity contribution in [3.8, 4) is 5.69 Å². The van der Waals surface area contributed by atoms with Gasteiger partial charge in [-0.3, -0.25) is 25.0 Å². The van der Waals surface area contributed by atoms with E-state index in [0.29, 0.717) is 17.3 Å². The lowest BCUT2D eigenvalue weighted by Gasteiger charge is -2.00. The summed E-state index contributed by atoms with van der Waals surface area (Å²) in [6.45, 7) is 1.82. The van der Waals surface area contributed by atoms with Crippen molar-refractivity contribution < 1.29 is 4.92 Å². The Morgan fingerprint density at radius 1 is 1.30 bits per heavy atom. The molecule has 1 aliphatic rings. The average molecular weight is 314 g/mol. The molecule has 0 bridgehead atoms. The van der Waals surface area contributed by atoms with Crippen molar-refractivity contribution in [3.63, 3.8) is 0 Å². The van der Waals surface area contributed by atoms with E-state index >= 15 is 0 Å². The third kappa shape index (κ3) is 3.08. The van der Waals surface area contributed by atoms with E-state index in [9.17, 15) is 14.9 Å². The molecule has 1 heterocycles. The maximum absolute atomic E-state index is 12.5. The quantitative estimate of drug-likeness (QED) is 0.534. The number of benzene rings is 1. The molecule has 2 aromatic rings. The standard InChI is InChI=1S/C16H18N4O3/c1-11-15(10-17-12-4-2-3-5-12)16(21)19(18-11)13-6-8-14(9-7-13)20(22)23/h6-10,12,18H,2-5H2,1H3. The third-order valence-corrected chi connectivity index (χ3v) is 4.17. The van der Waals surface area contributed by atoms with Gasteiger partial charge in [0.2, 0.25) is 0 Å². The molecule has 23 heavy (non-hydrogen) atoms. The number of rotatable bonds is 4. The van der Waals surface area contributed by atoms with Crippen LogP contribution in [0, 0.1) is 17.0 Å². The third-order valence-electron chi connectivity index (χ3n) is 4.17. The summed E-state index contributed by atoms with van der Waals surface area (Å²) in [4.78, 5) is 27.3. The topological polar surface area (TPSA) is 93.3 Å². The Hall–Kier alpha value is -2.70. The van der Waals surface area contributed by atoms with Crippen LogP contribution in [0.2, 0.25) is 0 Å². The van der Waals surface area contributed by atoms with Crippen molar-refractivity contribution in [3.05, 3.63) is 56.0 Å². The van der Waals surface area contributed by atoms with Gasteiger partial charge in [-0.15, -0.1) is 0 Å². The van der Waals surface area contributed by atoms with Crippen LogP contribution >= 0.6 is 0 Å². The summed E-state index contributed by atoms with van der Waals surface area (Å²) in [7, 11) is 0. The van der Waals surface area contributed by atoms with Crippen LogP contribution in [0.3, 0.4) is 0 Å². The van der Waals surface area contributed by atoms with Gasteiger partial charge >= 0.3 is 0 Å². The smallest absolute Gasteiger partial charge is 0.280 e. The van der Waals surface area contributed by atoms with E-state index in [0.717, 1.165) is 18.5 Å². The second kappa shape index (κ2) is 6.20. The molecule has 120 valence electrons. The molecule has 0 aliphatic heterocycles. The fourth-order valence-electron chi connectivity index (χ4n) is 2.85. The van der Waals surface area contributed by atoms with Crippen LogP contribution in [0.5, 0.6) is 0 Å². The minimum atomic E-state index is -0.466. The second-order valence-corrected chi connectivity index (χ2v) is 5.78. The number of H-pyrrole nitrogens is 1. The van der Waals surface area contributed by atoms with Crippen molar-refractivity contribution in [2.75, 3.05) is 0 Å². The number of aromatic nitrogens is 2. The van der Waals surface area contributed by atoms with Crippen LogP contribution in [-0.4, -0.2) is 27.0 Å². The Balaban J connectivity index is 1.90. The first-order chi connectivity index (χ1) is 11.1. The number of nitrogens with one attached hydrogen (secondary N) is 1. The number of hydrogen-bond donors (Lipinski definition) is 1. The van der Waals surface area contributed by atoms with E-state index in [1.54, 1.807) is 18.3 Å². The van der Waals surface area contributed by atoms with Crippen LogP contribution in [0.25, 0.3) is 5.69 Å². The summed E-state index contributed by atoms with van der Waals surface area (Å²) in [5.41, 5.74) is 1.63. The fourth-order valence-corrected chi connectivity index (χ4v) is 2.85. The Morgan fingerprint density at radius 3 is 2.57 bits per heavy atom. The number of hydrogen-bond acceptors (Lipinski definition) is 4. The monoisotopic (exact) mass is 314 g/mol. The van der Waals surface area contributed by atoms with E-state index in [2.05, 4.69) is 10.1 Å². The van der Waals surface area contributed by atoms with Crippen LogP contribution < -0.4 is 5.56 Å². The molecule has 1 fully saturated rings. The van der Waals surface area contributed by atoms with Gasteiger partial charge < -0.3 is 0 Å². The van der Waals surface area contributed by atoms with E-state index in [-0.39, 0.29) is 11.2 Å². The van der Waals surface area contributed by atoms with Crippen molar-refractivity contribution >= 4 is 11.9 Å². The van der Waals surface area contributed by atoms with Gasteiger partial charge in [-0.1, -0.05) is 12.8 Å². The molecule has 0 amide bonds. The predicted molar refractivity (Wildman–Crippen MR) is 87.6 cm³/mol. The number of non-ortho nitro benzene ring substituents is 1. The lowest BCUT2D eigenvalue weighted by molar-refractivity contribution is -0.384. The number of nitrogens with zero attached hydrogens (tertiary/aromatic N) is 3. The first-order valence-corrected chi connectivity index (χ1v) is 7.66. The number of aliphatic imine (C=N–C) groups is 1. The highest BCUT2D eigenvalue weighted by Gasteiger charge is 2.15. The van der Waals surface area contributed by atoms with Gasteiger partial charge in [0, 0.05) is 30.1 Å². The number of aromatic amines is 1. The van der Waals surface area contributed by atoms with Gasteiger partial charge in [0.25, 0.3) is 11.2 Å². The molecule has 1 aromatic carbocycles. The van der Waals surface area contributed by atoms with Gasteiger partial charge in [-0.25, -0.2) is 4.68 Å². The van der Waals surface area contributed by atoms with Crippen molar-refractivity contribution in [1.82, 2.24) is 9.78 Å². The first kappa shape index (κ1) is 15.2. The summed E-state index contributed by atoms with van der Waals surface area (Å²) < 4.78 is 1.38. The lowest BCUT2D eigenvalue weighted by atomic mass is 10.2. The molecular weight excluding hydrogens is 296 g/mol. The van der Waals surface area contributed by atoms with Gasteiger partial charge in [0.15, 0.2) is 0 Å². The molecular formula is C16H18N4O3. The fraction of sp³-hybridized carbons (Fsp3) is 0.375. The summed E-state index contributed by atoms with van der Waals surface area (Å²) in [6, 6.07) is 6.17. The van der Waals surface area contributed by atoms with E-state index < -0.39 is 4.92 Å². The Labute approximate surface area is 132 Å². The van der Waals surface area contributed by atoms with Gasteiger partial charge in [-0.05, 0) is 31.9 Å². The van der Waals surface area contributed by atoms with Crippen LogP contribution in [0.1, 0.15) is 36.9 Å². The minimum Gasteiger partial charge on any atom is -0.295 e. The number of nitro groups is 1. The summed E-state index contributed by atoms with van der Waals surface area (Å²) in [5.74, 6) is 0. The highest BCUT2D eigenvalue weighted by molar-refractivity contribution is 5.80. The molecule has 0 spiro atoms. The normalized spacial score (nSPS) is 15.5. The van der Waals surface area contributed by atoms with Gasteiger partial charge in [-0.2, -0.15) is 0 Å². The van der Waals surface area contributed by atoms with Crippen molar-refractivity contribution in [2.24, 2.45) is 4.99 Å². The Bertz CT molecular complexity index is 796. The molecule has 1 N–H and O–H groups in total. The Kier molecular flexibility index (Phi) is 4.10. The zero-order valence-electron chi connectivity index (χ0n) is 12.9. The molecule has 3 rings (SSSR count). The van der Waals surface area contributed by atoms with E-state index in [1.165, 1.54) is 29.7 Å². The second-order valence-electron chi connectivity index (χ2n) is 5.78. The molecule has 1 saturated carbocycles. The summed E-state index contributed by atoms with van der Waals surface area (Å²) >= 11 is 0. The zero-order valence-corrected chi connectivity index (χ0v) is 12.9. The molecule has 7 nitrogen and oxygen atoms in total. The van der Waals surface area contributed by atoms with Crippen LogP contribution in [0.15, 0.2) is 34.1 Å². The number of nitro benzene ring substituents is 1. The van der Waals surface area contributed by atoms with Crippen LogP contribution in [-0.2, 0) is 0 Å². The molecule has 1 aliphatic carbocycles. The molecule has 0 saturated heterocycles. The van der Waals surface area contributed by atoms with Gasteiger partial charge in [0.1, 0.15) is 0 Å². The lowest BCUT2D eigenvalue weighted by Crippen LogP contribution is -2.17. The average Bonchev–Trinajstić information content (AvgIpc) is 3.14. The number of aryl methyl sites for hydroxylation is 1. The van der Waals surface area contributed by atoms with E-state index in [4.69, 9.17) is 0 Å². The zero-order chi connectivity index (χ0) is 16.4. The van der Waals surface area contributed by atoms with E-state index in [1.807, 2.05) is 6.92 Å². The molecule has 0 atom stereocenters. The van der Waals surface area contributed by atoms with Crippen molar-refractivity contribution in [1.29, 1.82) is 0 Å². The van der Waals surface area contributed by atoms with Crippen molar-refractivity contribution in [2.45, 2.75) is 38.6 Å². The minimum absolute atomic E-state index is 0.00639. The highest BCUT2D eigenvalue weighted by atomic mass is 16.6. The maximum Gasteiger partial charge on any atom is 0.280 e. The predicted octanol–water partition coefficient (Wildman–Crippen LogP) is 2.74. The summed E-state index contributed by atoms with van der Waals surface area (Å²) in [5, 5.41) is 13.7. The molecule has 0 radical (unpaired) electrons. The molecule has 1 aromatic heterocycles. The SMILES string of the molecule is Cc1[nH]n(-c2ccc([N+](=O)[O-])cc2)c(=O)c1C=NC1CCCC1. The first-order valence-electron chi connectivity index (χ1n) is 7.66. The largest absolute Gasteiger partial charge is 0.295 e. The molecule has 7 heteroatoms. The molecule has 0 unspecified atom stereocenters. The maximum atomic E-state index is 12.5. The van der Waals surface area contributed by atoms with Gasteiger partial charge in [0.05, 0.1) is 16.2 Å². The Morgan fingerprint density at radius 2 is 1.96 bits per heavy atom. The van der Waals surface area contributed by atoms with Crippen LogP contribution in [0.4, 0.5) is 5.69 Å². The highest BCUT2D eigenvalue weighted by Crippen LogP contribution is 2.20. The summed E-state index contributed by atoms with van der Waals surface area (Å²) in [6.07, 6.45) is 6.21.